The summed E-state index contributed by atoms with van der Waals surface area (Å²) in [7, 11) is -2.50. The molecule has 3 fully saturated rings. The number of nitrogens with zero attached hydrogens (tertiary/aromatic N) is 7. The van der Waals surface area contributed by atoms with E-state index in [0.29, 0.717) is 0 Å². The third-order valence-electron chi connectivity index (χ3n) is 5.94. The molecule has 0 N–H and O–H groups in total. The van der Waals surface area contributed by atoms with Crippen molar-refractivity contribution in [1.82, 2.24) is 34.2 Å². The molecule has 0 saturated carbocycles. The molecule has 0 amide bonds. The van der Waals surface area contributed by atoms with E-state index in [1.54, 1.807) is 11.0 Å². The summed E-state index contributed by atoms with van der Waals surface area (Å²) in [6.45, 7) is 6.75. The van der Waals surface area contributed by atoms with Gasteiger partial charge in [-0.2, -0.15) is 0 Å². The molecule has 3 aliphatic rings. The van der Waals surface area contributed by atoms with Gasteiger partial charge in [0.25, 0.3) is 0 Å². The van der Waals surface area contributed by atoms with Crippen molar-refractivity contribution in [2.45, 2.75) is 38.5 Å². The minimum absolute atomic E-state index is 0.724. The minimum atomic E-state index is -2.50. The van der Waals surface area contributed by atoms with Crippen LogP contribution in [0, 0.1) is 0 Å². The topological polar surface area (TPSA) is 62.6 Å². The summed E-state index contributed by atoms with van der Waals surface area (Å²) in [5, 5.41) is 8.61. The predicted octanol–water partition coefficient (Wildman–Crippen LogP) is 1.95. The van der Waals surface area contributed by atoms with Crippen LogP contribution in [0.3, 0.4) is 0 Å². The fourth-order valence-electron chi connectivity index (χ4n) is 4.72. The van der Waals surface area contributed by atoms with Crippen LogP contribution in [-0.2, 0) is 0 Å². The Labute approximate surface area is 154 Å². The molecule has 2 aromatic rings. The summed E-state index contributed by atoms with van der Waals surface area (Å²) in [5.74, 6) is 0. The van der Waals surface area contributed by atoms with Crippen molar-refractivity contribution in [3.05, 3.63) is 18.3 Å². The van der Waals surface area contributed by atoms with Gasteiger partial charge in [-0.05, 0) is 0 Å². The van der Waals surface area contributed by atoms with Crippen molar-refractivity contribution >= 4 is 19.1 Å². The average Bonchev–Trinajstić information content (AvgIpc) is 3.49. The summed E-state index contributed by atoms with van der Waals surface area (Å²) in [4.78, 5) is 6.11. The molecule has 26 heavy (non-hydrogen) atoms. The van der Waals surface area contributed by atoms with Gasteiger partial charge in [0, 0.05) is 0 Å². The maximum absolute atomic E-state index is 6.90. The summed E-state index contributed by atoms with van der Waals surface area (Å²) in [5.41, 5.74) is 1.52. The first-order valence-electron chi connectivity index (χ1n) is 9.99. The third kappa shape index (κ3) is 2.71. The van der Waals surface area contributed by atoms with Gasteiger partial charge >= 0.3 is 154 Å². The van der Waals surface area contributed by atoms with E-state index in [2.05, 4.69) is 29.3 Å². The number of aromatic nitrogens is 4. The molecule has 0 unspecified atom stereocenters. The molecule has 142 valence electrons. The zero-order chi connectivity index (χ0) is 17.4. The van der Waals surface area contributed by atoms with Gasteiger partial charge in [-0.3, -0.25) is 0 Å². The summed E-state index contributed by atoms with van der Waals surface area (Å²) >= 11 is 0. The molecule has 0 spiro atoms. The van der Waals surface area contributed by atoms with Gasteiger partial charge in [0.2, 0.25) is 0 Å². The molecule has 8 nitrogen and oxygen atoms in total. The van der Waals surface area contributed by atoms with Gasteiger partial charge in [0.15, 0.2) is 0 Å². The van der Waals surface area contributed by atoms with Crippen LogP contribution < -0.4 is 4.62 Å². The molecule has 0 radical (unpaired) electrons. The Kier molecular flexibility index (Phi) is 4.52. The Morgan fingerprint density at radius 3 is 1.88 bits per heavy atom. The molecular formula is C17H28N7OP. The summed E-state index contributed by atoms with van der Waals surface area (Å²) < 4.78 is 14.9. The van der Waals surface area contributed by atoms with E-state index >= 15 is 0 Å². The fourth-order valence-corrected chi connectivity index (χ4v) is 9.32. The first-order chi connectivity index (χ1) is 12.9. The molecule has 0 aromatic carbocycles. The average molecular weight is 377 g/mol. The second-order valence-corrected chi connectivity index (χ2v) is 10.8. The molecule has 0 aliphatic carbocycles. The van der Waals surface area contributed by atoms with Gasteiger partial charge in [0.1, 0.15) is 0 Å². The van der Waals surface area contributed by atoms with Gasteiger partial charge < -0.3 is 0 Å². The standard InChI is InChI=1S/C17H28N7OP/c1-2-11-21(10-1)26(22-12-3-4-13-22,23-14-5-6-15-23)25-24-17-16(19-20-24)8-7-9-18-17/h7-9,26H,1-6,10-15H2. The Morgan fingerprint density at radius 2 is 1.35 bits per heavy atom. The van der Waals surface area contributed by atoms with E-state index in [0.717, 1.165) is 50.4 Å². The number of pyridine rings is 1. The predicted molar refractivity (Wildman–Crippen MR) is 103 cm³/mol. The molecule has 2 aromatic heterocycles. The van der Waals surface area contributed by atoms with E-state index in [-0.39, 0.29) is 0 Å². The third-order valence-corrected chi connectivity index (χ3v) is 10.2. The first-order valence-corrected chi connectivity index (χ1v) is 11.7. The zero-order valence-electron chi connectivity index (χ0n) is 15.3. The van der Waals surface area contributed by atoms with Crippen molar-refractivity contribution in [2.75, 3.05) is 39.3 Å². The SMILES string of the molecule is c1cnc2c(c1)nnn2O[PH](N1CCCC1)(N1CCCC1)N1CCCC1. The van der Waals surface area contributed by atoms with Crippen LogP contribution in [0.2, 0.25) is 0 Å². The second-order valence-electron chi connectivity index (χ2n) is 7.56. The van der Waals surface area contributed by atoms with Gasteiger partial charge in [0.05, 0.1) is 0 Å². The van der Waals surface area contributed by atoms with Crippen LogP contribution in [0.1, 0.15) is 38.5 Å². The molecule has 5 heterocycles. The van der Waals surface area contributed by atoms with Crippen LogP contribution in [0.15, 0.2) is 18.3 Å². The monoisotopic (exact) mass is 377 g/mol. The Morgan fingerprint density at radius 1 is 0.808 bits per heavy atom. The van der Waals surface area contributed by atoms with E-state index in [1.807, 2.05) is 12.1 Å². The summed E-state index contributed by atoms with van der Waals surface area (Å²) in [6.07, 6.45) is 9.35. The number of hydrogen-bond acceptors (Lipinski definition) is 7. The molecule has 0 atom stereocenters. The molecular weight excluding hydrogens is 349 g/mol. The van der Waals surface area contributed by atoms with Gasteiger partial charge in [-0.25, -0.2) is 0 Å². The van der Waals surface area contributed by atoms with Crippen LogP contribution in [0.5, 0.6) is 0 Å². The summed E-state index contributed by atoms with van der Waals surface area (Å²) in [6, 6.07) is 3.84. The van der Waals surface area contributed by atoms with Crippen LogP contribution >= 0.6 is 7.94 Å². The van der Waals surface area contributed by atoms with E-state index in [9.17, 15) is 0 Å². The van der Waals surface area contributed by atoms with Crippen molar-refractivity contribution in [3.8, 4) is 0 Å². The normalized spacial score (nSPS) is 24.0. The van der Waals surface area contributed by atoms with Crippen molar-refractivity contribution in [1.29, 1.82) is 0 Å². The Bertz CT molecular complexity index is 710. The number of rotatable bonds is 5. The van der Waals surface area contributed by atoms with E-state index in [1.165, 1.54) is 38.5 Å². The quantitative estimate of drug-likeness (QED) is 0.738. The van der Waals surface area contributed by atoms with Crippen molar-refractivity contribution < 1.29 is 4.62 Å². The zero-order valence-corrected chi connectivity index (χ0v) is 16.3. The molecule has 9 heteroatoms. The van der Waals surface area contributed by atoms with Crippen LogP contribution in [-0.4, -0.2) is 73.4 Å². The van der Waals surface area contributed by atoms with Crippen molar-refractivity contribution in [2.24, 2.45) is 0 Å². The first kappa shape index (κ1) is 16.8. The molecule has 0 bridgehead atoms. The molecule has 3 aliphatic heterocycles. The fraction of sp³-hybridized carbons (Fsp3) is 0.706. The number of fused-ring (bicyclic) bond motifs is 1. The van der Waals surface area contributed by atoms with Crippen LogP contribution in [0.4, 0.5) is 0 Å². The van der Waals surface area contributed by atoms with Gasteiger partial charge in [-0.15, -0.1) is 0 Å². The van der Waals surface area contributed by atoms with E-state index < -0.39 is 7.94 Å². The van der Waals surface area contributed by atoms with E-state index in [4.69, 9.17) is 4.62 Å². The Hall–Kier alpha value is -1.34. The van der Waals surface area contributed by atoms with Crippen molar-refractivity contribution in [3.63, 3.8) is 0 Å². The van der Waals surface area contributed by atoms with Crippen LogP contribution in [0.25, 0.3) is 11.2 Å². The van der Waals surface area contributed by atoms with Gasteiger partial charge in [-0.1, -0.05) is 0 Å². The number of hydrogen-bond donors (Lipinski definition) is 0. The maximum atomic E-state index is 6.90. The molecule has 3 saturated heterocycles. The second kappa shape index (κ2) is 7.00. The Balaban J connectivity index is 1.59. The molecule has 5 rings (SSSR count).